The first-order valence-corrected chi connectivity index (χ1v) is 15.9. The number of anilines is 3. The van der Waals surface area contributed by atoms with E-state index in [2.05, 4.69) is 15.4 Å². The molecule has 2 N–H and O–H groups in total. The summed E-state index contributed by atoms with van der Waals surface area (Å²) in [6, 6.07) is 10.6. The lowest BCUT2D eigenvalue weighted by atomic mass is 9.91. The summed E-state index contributed by atoms with van der Waals surface area (Å²) in [6.45, 7) is 5.01. The molecule has 0 radical (unpaired) electrons. The van der Waals surface area contributed by atoms with Crippen molar-refractivity contribution in [3.63, 3.8) is 0 Å². The number of methoxy groups -OCH3 is 2. The van der Waals surface area contributed by atoms with Gasteiger partial charge in [-0.2, -0.15) is 13.5 Å². The van der Waals surface area contributed by atoms with Crippen molar-refractivity contribution in [2.75, 3.05) is 24.4 Å². The molecule has 6 rings (SSSR count). The molecule has 48 heavy (non-hydrogen) atoms. The van der Waals surface area contributed by atoms with E-state index in [4.69, 9.17) is 14.2 Å². The minimum Gasteiger partial charge on any atom is -0.497 e. The molecule has 0 saturated heterocycles. The first kappa shape index (κ1) is 32.6. The Labute approximate surface area is 272 Å². The number of sulfone groups is 1. The average Bonchev–Trinajstić information content (AvgIpc) is 3.61. The van der Waals surface area contributed by atoms with Gasteiger partial charge in [-0.1, -0.05) is 6.07 Å². The van der Waals surface area contributed by atoms with Crippen LogP contribution in [0.1, 0.15) is 44.2 Å². The van der Waals surface area contributed by atoms with Gasteiger partial charge >= 0.3 is 17.9 Å². The van der Waals surface area contributed by atoms with Crippen molar-refractivity contribution in [3.8, 4) is 11.5 Å². The fraction of sp³-hybridized carbons (Fsp3) is 0.323. The van der Waals surface area contributed by atoms with E-state index in [1.807, 2.05) is 0 Å². The lowest BCUT2D eigenvalue weighted by Crippen LogP contribution is -2.36. The average molecular weight is 686 g/mol. The lowest BCUT2D eigenvalue weighted by molar-refractivity contribution is -0.119. The quantitative estimate of drug-likeness (QED) is 0.253. The van der Waals surface area contributed by atoms with Crippen LogP contribution in [0.3, 0.4) is 0 Å². The van der Waals surface area contributed by atoms with Crippen LogP contribution in [0, 0.1) is 0 Å². The Hall–Kier alpha value is -5.32. The zero-order chi connectivity index (χ0) is 34.9. The Morgan fingerprint density at radius 3 is 2.44 bits per heavy atom. The molecule has 1 aliphatic carbocycles. The molecule has 252 valence electrons. The Morgan fingerprint density at radius 2 is 1.81 bits per heavy atom. The summed E-state index contributed by atoms with van der Waals surface area (Å²) >= 11 is 0. The Kier molecular flexibility index (Phi) is 7.57. The highest BCUT2D eigenvalue weighted by molar-refractivity contribution is 7.91. The van der Waals surface area contributed by atoms with Crippen molar-refractivity contribution in [2.24, 2.45) is 0 Å². The monoisotopic (exact) mass is 685 g/mol. The Balaban J connectivity index is 1.44. The molecule has 2 aromatic carbocycles. The largest absolute Gasteiger partial charge is 0.497 e. The number of nitrogens with zero attached hydrogens (tertiary/aromatic N) is 4. The van der Waals surface area contributed by atoms with Gasteiger partial charge in [-0.15, -0.1) is 5.10 Å². The second-order valence-electron chi connectivity index (χ2n) is 12.2. The second-order valence-corrected chi connectivity index (χ2v) is 14.1. The van der Waals surface area contributed by atoms with E-state index in [9.17, 15) is 36.7 Å². The van der Waals surface area contributed by atoms with Gasteiger partial charge in [0.1, 0.15) is 11.4 Å². The standard InChI is InChI=1S/C31H29F2N5O9S/c1-30(2,3)47-29(42)38-22-10-15(20-13-31(20)19-11-16(45-4)7-9-21(19)37(26(31)39)28(40)41)6-8-18(22)24(36-38)35-25-23(46-5)12-17(14-34-25)48(43,44)27(32)33/h6-12,14,20,27H,13H2,1-5H3,(H,40,41)(H,34,35,36)/t20-,31-/m0/s1. The summed E-state index contributed by atoms with van der Waals surface area (Å²) in [5.74, 6) is -4.48. The lowest BCUT2D eigenvalue weighted by Gasteiger charge is -2.19. The van der Waals surface area contributed by atoms with Gasteiger partial charge < -0.3 is 24.6 Å². The zero-order valence-corrected chi connectivity index (χ0v) is 27.0. The van der Waals surface area contributed by atoms with E-state index in [0.29, 0.717) is 28.7 Å². The molecule has 0 bridgehead atoms. The number of hydrogen-bond donors (Lipinski definition) is 2. The minimum absolute atomic E-state index is 0.0623. The molecular weight excluding hydrogens is 656 g/mol. The van der Waals surface area contributed by atoms with Crippen LogP contribution in [0.2, 0.25) is 0 Å². The normalized spacial score (nSPS) is 18.7. The molecule has 2 aliphatic rings. The van der Waals surface area contributed by atoms with E-state index in [1.165, 1.54) is 20.3 Å². The fourth-order valence-electron chi connectivity index (χ4n) is 5.94. The molecule has 14 nitrogen and oxygen atoms in total. The number of pyridine rings is 1. The highest BCUT2D eigenvalue weighted by Crippen LogP contribution is 2.67. The van der Waals surface area contributed by atoms with Crippen molar-refractivity contribution >= 4 is 56.2 Å². The summed E-state index contributed by atoms with van der Waals surface area (Å²) in [7, 11) is -2.30. The first-order valence-electron chi connectivity index (χ1n) is 14.4. The number of fused-ring (bicyclic) bond motifs is 3. The highest BCUT2D eigenvalue weighted by Gasteiger charge is 2.68. The number of hydrogen-bond acceptors (Lipinski definition) is 11. The number of benzene rings is 2. The van der Waals surface area contributed by atoms with Crippen LogP contribution in [0.25, 0.3) is 10.9 Å². The van der Waals surface area contributed by atoms with Crippen LogP contribution in [-0.4, -0.2) is 72.0 Å². The van der Waals surface area contributed by atoms with Gasteiger partial charge in [0.25, 0.3) is 0 Å². The summed E-state index contributed by atoms with van der Waals surface area (Å²) in [5, 5.41) is 17.5. The molecule has 17 heteroatoms. The topological polar surface area (TPSA) is 179 Å². The molecular formula is C31H29F2N5O9S. The molecule has 1 saturated carbocycles. The number of ether oxygens (including phenoxy) is 3. The van der Waals surface area contributed by atoms with Gasteiger partial charge in [0, 0.05) is 23.6 Å². The Bertz CT molecular complexity index is 2130. The number of carbonyl (C=O) groups is 3. The summed E-state index contributed by atoms with van der Waals surface area (Å²) in [5.41, 5.74) is -0.449. The predicted molar refractivity (Wildman–Crippen MR) is 166 cm³/mol. The fourth-order valence-corrected chi connectivity index (χ4v) is 6.62. The number of rotatable bonds is 7. The van der Waals surface area contributed by atoms with Crippen LogP contribution in [0.15, 0.2) is 53.6 Å². The summed E-state index contributed by atoms with van der Waals surface area (Å²) in [4.78, 5) is 43.1. The van der Waals surface area contributed by atoms with Crippen molar-refractivity contribution < 1.29 is 50.9 Å². The van der Waals surface area contributed by atoms with Gasteiger partial charge in [-0.25, -0.2) is 27.9 Å². The van der Waals surface area contributed by atoms with Gasteiger partial charge in [-0.05, 0) is 68.7 Å². The number of carboxylic acid groups (broad SMARTS) is 1. The van der Waals surface area contributed by atoms with Gasteiger partial charge in [0.05, 0.1) is 35.7 Å². The maximum atomic E-state index is 13.7. The maximum absolute atomic E-state index is 13.7. The van der Waals surface area contributed by atoms with E-state index in [1.54, 1.807) is 51.1 Å². The van der Waals surface area contributed by atoms with Gasteiger partial charge in [0.2, 0.25) is 15.7 Å². The Morgan fingerprint density at radius 1 is 1.08 bits per heavy atom. The first-order chi connectivity index (χ1) is 22.5. The number of halogens is 2. The SMILES string of the molecule is COc1ccc2c(c1)[C@]1(C[C@H]1c1ccc3c(Nc4ncc(S(=O)(=O)C(F)F)cc4OC)nn(C(=O)OC(C)(C)C)c3c1)C(=O)N2C(=O)O. The number of amides is 2. The van der Waals surface area contributed by atoms with Crippen LogP contribution in [0.5, 0.6) is 11.5 Å². The van der Waals surface area contributed by atoms with E-state index < -0.39 is 55.5 Å². The van der Waals surface area contributed by atoms with Crippen molar-refractivity contribution in [3.05, 3.63) is 59.8 Å². The van der Waals surface area contributed by atoms with Crippen molar-refractivity contribution in [1.82, 2.24) is 14.8 Å². The molecule has 0 unspecified atom stereocenters. The zero-order valence-electron chi connectivity index (χ0n) is 26.1. The number of imide groups is 1. The van der Waals surface area contributed by atoms with E-state index in [0.717, 1.165) is 21.8 Å². The van der Waals surface area contributed by atoms with Crippen LogP contribution in [-0.2, 0) is 24.8 Å². The molecule has 2 atom stereocenters. The number of alkyl halides is 2. The molecule has 2 aromatic heterocycles. The summed E-state index contributed by atoms with van der Waals surface area (Å²) < 4.78 is 67.4. The maximum Gasteiger partial charge on any atom is 0.435 e. The third-order valence-electron chi connectivity index (χ3n) is 8.18. The van der Waals surface area contributed by atoms with Crippen LogP contribution >= 0.6 is 0 Å². The molecule has 1 fully saturated rings. The van der Waals surface area contributed by atoms with Crippen molar-refractivity contribution in [2.45, 2.75) is 54.8 Å². The van der Waals surface area contributed by atoms with E-state index in [-0.39, 0.29) is 28.6 Å². The van der Waals surface area contributed by atoms with Crippen LogP contribution in [0.4, 0.5) is 35.7 Å². The molecule has 1 aliphatic heterocycles. The third-order valence-corrected chi connectivity index (χ3v) is 9.53. The minimum atomic E-state index is -4.96. The molecule has 4 aromatic rings. The predicted octanol–water partition coefficient (Wildman–Crippen LogP) is 5.42. The molecule has 1 spiro atoms. The van der Waals surface area contributed by atoms with Gasteiger partial charge in [0.15, 0.2) is 17.4 Å². The number of nitrogens with one attached hydrogen (secondary N) is 1. The molecule has 2 amide bonds. The van der Waals surface area contributed by atoms with E-state index >= 15 is 0 Å². The number of aromatic nitrogens is 3. The third kappa shape index (κ3) is 5.14. The van der Waals surface area contributed by atoms with Crippen molar-refractivity contribution in [1.29, 1.82) is 0 Å². The number of carbonyl (C=O) groups excluding carboxylic acids is 2. The molecule has 3 heterocycles. The highest BCUT2D eigenvalue weighted by atomic mass is 32.2. The second kappa shape index (κ2) is 11.1. The smallest absolute Gasteiger partial charge is 0.435 e. The summed E-state index contributed by atoms with van der Waals surface area (Å²) in [6.07, 6.45) is -1.21. The van der Waals surface area contributed by atoms with Crippen LogP contribution < -0.4 is 19.7 Å². The van der Waals surface area contributed by atoms with Gasteiger partial charge in [-0.3, -0.25) is 4.79 Å².